The Kier molecular flexibility index (Phi) is 5.94. The fourth-order valence-electron chi connectivity index (χ4n) is 2.39. The number of fused-ring (bicyclic) bond motifs is 1. The second kappa shape index (κ2) is 8.75. The van der Waals surface area contributed by atoms with Crippen LogP contribution in [0, 0.1) is 0 Å². The first-order chi connectivity index (χ1) is 13.1. The van der Waals surface area contributed by atoms with Gasteiger partial charge in [-0.25, -0.2) is 0 Å². The summed E-state index contributed by atoms with van der Waals surface area (Å²) < 4.78 is 28.4. The molecule has 0 aliphatic rings. The molecular weight excluding hydrogens is 354 g/mol. The molecule has 0 aromatic heterocycles. The zero-order chi connectivity index (χ0) is 19.1. The number of halogens is 2. The fraction of sp³-hybridized carbons (Fsp3) is 0.100. The Morgan fingerprint density at radius 2 is 1.78 bits per heavy atom. The van der Waals surface area contributed by atoms with E-state index in [4.69, 9.17) is 4.84 Å². The summed E-state index contributed by atoms with van der Waals surface area (Å²) in [6.07, 6.45) is 1.37. The van der Waals surface area contributed by atoms with E-state index < -0.39 is 6.61 Å². The van der Waals surface area contributed by atoms with Gasteiger partial charge in [-0.05, 0) is 52.7 Å². The summed E-state index contributed by atoms with van der Waals surface area (Å²) >= 11 is 0. The number of amides is 1. The number of ether oxygens (including phenoxy) is 1. The zero-order valence-corrected chi connectivity index (χ0v) is 14.1. The van der Waals surface area contributed by atoms with E-state index >= 15 is 0 Å². The molecule has 0 heterocycles. The molecule has 138 valence electrons. The van der Waals surface area contributed by atoms with Gasteiger partial charge in [0.15, 0.2) is 6.61 Å². The molecule has 3 rings (SSSR count). The molecule has 27 heavy (non-hydrogen) atoms. The lowest BCUT2D eigenvalue weighted by atomic mass is 10.1. The van der Waals surface area contributed by atoms with Crippen molar-refractivity contribution in [2.45, 2.75) is 6.61 Å². The highest BCUT2D eigenvalue weighted by molar-refractivity contribution is 5.95. The van der Waals surface area contributed by atoms with Gasteiger partial charge in [-0.1, -0.05) is 35.5 Å². The third kappa shape index (κ3) is 5.50. The van der Waals surface area contributed by atoms with Gasteiger partial charge in [-0.2, -0.15) is 8.78 Å². The first-order valence-electron chi connectivity index (χ1n) is 8.09. The van der Waals surface area contributed by atoms with Crippen LogP contribution in [0.25, 0.3) is 10.8 Å². The zero-order valence-electron chi connectivity index (χ0n) is 14.1. The Morgan fingerprint density at radius 3 is 2.52 bits per heavy atom. The standard InChI is InChI=1S/C20H16F2N2O3/c21-20(22)27-18-9-5-14(6-10-18)12-23-26-13-19(25)24-17-8-7-15-3-1-2-4-16(15)11-17/h1-12,20H,13H2,(H,24,25)/b23-12-. The maximum Gasteiger partial charge on any atom is 0.387 e. The molecule has 3 aromatic carbocycles. The van der Waals surface area contributed by atoms with Crippen LogP contribution in [0.15, 0.2) is 71.9 Å². The molecule has 0 radical (unpaired) electrons. The average Bonchev–Trinajstić information content (AvgIpc) is 2.66. The van der Waals surface area contributed by atoms with Crippen LogP contribution in [-0.4, -0.2) is 25.3 Å². The molecule has 0 saturated heterocycles. The Labute approximate surface area is 154 Å². The number of hydrogen-bond acceptors (Lipinski definition) is 4. The summed E-state index contributed by atoms with van der Waals surface area (Å²) in [5, 5.41) is 8.53. The molecule has 7 heteroatoms. The Bertz CT molecular complexity index is 943. The van der Waals surface area contributed by atoms with Crippen LogP contribution in [0.4, 0.5) is 14.5 Å². The number of alkyl halides is 2. The Balaban J connectivity index is 1.47. The van der Waals surface area contributed by atoms with E-state index in [1.807, 2.05) is 42.5 Å². The number of carbonyl (C=O) groups is 1. The van der Waals surface area contributed by atoms with E-state index in [9.17, 15) is 13.6 Å². The van der Waals surface area contributed by atoms with Crippen molar-refractivity contribution in [1.82, 2.24) is 0 Å². The first kappa shape index (κ1) is 18.3. The van der Waals surface area contributed by atoms with E-state index in [2.05, 4.69) is 15.2 Å². The van der Waals surface area contributed by atoms with Gasteiger partial charge in [0.1, 0.15) is 5.75 Å². The highest BCUT2D eigenvalue weighted by Gasteiger charge is 2.04. The largest absolute Gasteiger partial charge is 0.435 e. The summed E-state index contributed by atoms with van der Waals surface area (Å²) in [4.78, 5) is 16.9. The average molecular weight is 370 g/mol. The lowest BCUT2D eigenvalue weighted by Gasteiger charge is -2.06. The number of hydrogen-bond donors (Lipinski definition) is 1. The van der Waals surface area contributed by atoms with Crippen LogP contribution < -0.4 is 10.1 Å². The molecule has 0 aliphatic heterocycles. The van der Waals surface area contributed by atoms with Gasteiger partial charge in [0, 0.05) is 5.69 Å². The minimum atomic E-state index is -2.87. The van der Waals surface area contributed by atoms with Crippen LogP contribution in [0.3, 0.4) is 0 Å². The third-order valence-corrected chi connectivity index (χ3v) is 3.61. The van der Waals surface area contributed by atoms with Crippen molar-refractivity contribution >= 4 is 28.6 Å². The third-order valence-electron chi connectivity index (χ3n) is 3.61. The number of nitrogens with one attached hydrogen (secondary N) is 1. The lowest BCUT2D eigenvalue weighted by Crippen LogP contribution is -2.16. The number of anilines is 1. The number of rotatable bonds is 7. The molecule has 0 unspecified atom stereocenters. The molecule has 1 amide bonds. The quantitative estimate of drug-likeness (QED) is 0.494. The molecule has 0 saturated carbocycles. The van der Waals surface area contributed by atoms with Crippen molar-refractivity contribution in [2.24, 2.45) is 5.16 Å². The summed E-state index contributed by atoms with van der Waals surface area (Å²) in [5.74, 6) is -0.291. The van der Waals surface area contributed by atoms with E-state index in [1.165, 1.54) is 18.3 Å². The molecule has 0 spiro atoms. The monoisotopic (exact) mass is 370 g/mol. The molecule has 1 N–H and O–H groups in total. The van der Waals surface area contributed by atoms with E-state index in [0.29, 0.717) is 11.3 Å². The molecule has 0 aliphatic carbocycles. The number of carbonyl (C=O) groups excluding carboxylic acids is 1. The van der Waals surface area contributed by atoms with Gasteiger partial charge < -0.3 is 14.9 Å². The molecule has 0 atom stereocenters. The van der Waals surface area contributed by atoms with Crippen molar-refractivity contribution in [1.29, 1.82) is 0 Å². The topological polar surface area (TPSA) is 59.9 Å². The molecule has 5 nitrogen and oxygen atoms in total. The minimum absolute atomic E-state index is 0.0535. The first-order valence-corrected chi connectivity index (χ1v) is 8.09. The van der Waals surface area contributed by atoms with Crippen LogP contribution in [0.2, 0.25) is 0 Å². The lowest BCUT2D eigenvalue weighted by molar-refractivity contribution is -0.120. The Hall–Kier alpha value is -3.48. The van der Waals surface area contributed by atoms with E-state index in [0.717, 1.165) is 10.8 Å². The van der Waals surface area contributed by atoms with Crippen molar-refractivity contribution in [2.75, 3.05) is 11.9 Å². The predicted octanol–water partition coefficient (Wildman–Crippen LogP) is 4.43. The number of oxime groups is 1. The van der Waals surface area contributed by atoms with E-state index in [-0.39, 0.29) is 18.3 Å². The van der Waals surface area contributed by atoms with Crippen molar-refractivity contribution in [3.8, 4) is 5.75 Å². The van der Waals surface area contributed by atoms with Crippen LogP contribution in [0.5, 0.6) is 5.75 Å². The van der Waals surface area contributed by atoms with Gasteiger partial charge in [0.25, 0.3) is 5.91 Å². The van der Waals surface area contributed by atoms with Crippen molar-refractivity contribution in [3.05, 3.63) is 72.3 Å². The minimum Gasteiger partial charge on any atom is -0.435 e. The highest BCUT2D eigenvalue weighted by atomic mass is 19.3. The van der Waals surface area contributed by atoms with Gasteiger partial charge >= 0.3 is 6.61 Å². The maximum absolute atomic E-state index is 12.1. The van der Waals surface area contributed by atoms with Gasteiger partial charge in [0.2, 0.25) is 0 Å². The van der Waals surface area contributed by atoms with Crippen LogP contribution >= 0.6 is 0 Å². The molecular formula is C20H16F2N2O3. The molecule has 0 fully saturated rings. The fourth-order valence-corrected chi connectivity index (χ4v) is 2.39. The summed E-state index contributed by atoms with van der Waals surface area (Å²) in [5.41, 5.74) is 1.28. The maximum atomic E-state index is 12.1. The SMILES string of the molecule is O=C(CO/N=C\c1ccc(OC(F)F)cc1)Nc1ccc2ccccc2c1. The molecule has 0 bridgehead atoms. The van der Waals surface area contributed by atoms with Gasteiger partial charge in [-0.3, -0.25) is 4.79 Å². The van der Waals surface area contributed by atoms with E-state index in [1.54, 1.807) is 12.1 Å². The highest BCUT2D eigenvalue weighted by Crippen LogP contribution is 2.18. The summed E-state index contributed by atoms with van der Waals surface area (Å²) in [6.45, 7) is -3.12. The number of benzene rings is 3. The van der Waals surface area contributed by atoms with Gasteiger partial charge in [0.05, 0.1) is 6.21 Å². The predicted molar refractivity (Wildman–Crippen MR) is 99.2 cm³/mol. The summed E-state index contributed by atoms with van der Waals surface area (Å²) in [6, 6.07) is 19.3. The van der Waals surface area contributed by atoms with Crippen LogP contribution in [-0.2, 0) is 9.63 Å². The van der Waals surface area contributed by atoms with Gasteiger partial charge in [-0.15, -0.1) is 0 Å². The molecule has 3 aromatic rings. The summed E-state index contributed by atoms with van der Waals surface area (Å²) in [7, 11) is 0. The normalized spacial score (nSPS) is 11.1. The Morgan fingerprint density at radius 1 is 1.04 bits per heavy atom. The second-order valence-corrected chi connectivity index (χ2v) is 5.57. The van der Waals surface area contributed by atoms with Crippen molar-refractivity contribution < 1.29 is 23.1 Å². The second-order valence-electron chi connectivity index (χ2n) is 5.57. The van der Waals surface area contributed by atoms with Crippen LogP contribution in [0.1, 0.15) is 5.56 Å². The smallest absolute Gasteiger partial charge is 0.387 e. The van der Waals surface area contributed by atoms with Crippen molar-refractivity contribution in [3.63, 3.8) is 0 Å². The number of nitrogens with zero attached hydrogens (tertiary/aromatic N) is 1.